The third kappa shape index (κ3) is 6.84. The summed E-state index contributed by atoms with van der Waals surface area (Å²) in [6.45, 7) is 9.70. The molecule has 0 saturated carbocycles. The molecule has 0 aliphatic rings. The van der Waals surface area contributed by atoms with Crippen LogP contribution in [-0.2, 0) is 4.79 Å². The number of amides is 1. The van der Waals surface area contributed by atoms with Gasteiger partial charge in [0.2, 0.25) is 5.91 Å². The Morgan fingerprint density at radius 2 is 1.69 bits per heavy atom. The zero-order chi connectivity index (χ0) is 9.94. The average Bonchev–Trinajstić information content (AvgIpc) is 1.82. The van der Waals surface area contributed by atoms with Gasteiger partial charge in [0.15, 0.2) is 0 Å². The molecule has 0 aromatic carbocycles. The van der Waals surface area contributed by atoms with Crippen molar-refractivity contribution in [1.82, 2.24) is 5.32 Å². The van der Waals surface area contributed by atoms with E-state index in [-0.39, 0.29) is 29.8 Å². The summed E-state index contributed by atoms with van der Waals surface area (Å²) in [5, 5.41) is 2.84. The third-order valence-electron chi connectivity index (χ3n) is 1.52. The van der Waals surface area contributed by atoms with E-state index in [1.807, 2.05) is 34.6 Å². The molecule has 0 radical (unpaired) electrons. The molecule has 0 saturated heterocycles. The lowest BCUT2D eigenvalue weighted by atomic mass is 10.0. The molecule has 1 atom stereocenters. The van der Waals surface area contributed by atoms with Crippen LogP contribution in [0.5, 0.6) is 0 Å². The molecule has 0 fully saturated rings. The monoisotopic (exact) mass is 208 g/mol. The molecule has 0 aromatic heterocycles. The minimum absolute atomic E-state index is 0. The second kappa shape index (κ2) is 5.45. The van der Waals surface area contributed by atoms with Crippen molar-refractivity contribution in [3.63, 3.8) is 0 Å². The van der Waals surface area contributed by atoms with Crippen molar-refractivity contribution < 1.29 is 4.79 Å². The topological polar surface area (TPSA) is 55.1 Å². The number of rotatable bonds is 2. The molecular formula is C9H21ClN2O. The summed E-state index contributed by atoms with van der Waals surface area (Å²) in [7, 11) is 0. The SMILES string of the molecule is CC(C)C(N)C(=O)NC(C)(C)C.Cl. The van der Waals surface area contributed by atoms with Crippen molar-refractivity contribution in [1.29, 1.82) is 0 Å². The molecule has 1 unspecified atom stereocenters. The number of nitrogens with one attached hydrogen (secondary N) is 1. The summed E-state index contributed by atoms with van der Waals surface area (Å²) in [6, 6.07) is -0.399. The fourth-order valence-electron chi connectivity index (χ4n) is 0.756. The first-order chi connectivity index (χ1) is 5.24. The summed E-state index contributed by atoms with van der Waals surface area (Å²) in [6.07, 6.45) is 0. The number of hydrogen-bond acceptors (Lipinski definition) is 2. The van der Waals surface area contributed by atoms with E-state index in [2.05, 4.69) is 5.32 Å². The van der Waals surface area contributed by atoms with Gasteiger partial charge in [-0.2, -0.15) is 0 Å². The van der Waals surface area contributed by atoms with Gasteiger partial charge in [-0.15, -0.1) is 12.4 Å². The number of carbonyl (C=O) groups excluding carboxylic acids is 1. The lowest BCUT2D eigenvalue weighted by Crippen LogP contribution is -2.50. The minimum Gasteiger partial charge on any atom is -0.350 e. The van der Waals surface area contributed by atoms with Crippen LogP contribution in [0.2, 0.25) is 0 Å². The van der Waals surface area contributed by atoms with Crippen LogP contribution in [0.15, 0.2) is 0 Å². The van der Waals surface area contributed by atoms with E-state index in [0.717, 1.165) is 0 Å². The molecule has 0 rings (SSSR count). The van der Waals surface area contributed by atoms with Gasteiger partial charge >= 0.3 is 0 Å². The Morgan fingerprint density at radius 1 is 1.31 bits per heavy atom. The molecular weight excluding hydrogens is 188 g/mol. The second-order valence-corrected chi connectivity index (χ2v) is 4.51. The highest BCUT2D eigenvalue weighted by atomic mass is 35.5. The molecule has 3 nitrogen and oxygen atoms in total. The maximum atomic E-state index is 11.4. The maximum absolute atomic E-state index is 11.4. The van der Waals surface area contributed by atoms with E-state index in [0.29, 0.717) is 0 Å². The Bertz CT molecular complexity index is 163. The van der Waals surface area contributed by atoms with Crippen LogP contribution >= 0.6 is 12.4 Å². The molecule has 0 spiro atoms. The zero-order valence-electron chi connectivity index (χ0n) is 9.05. The van der Waals surface area contributed by atoms with E-state index in [1.54, 1.807) is 0 Å². The van der Waals surface area contributed by atoms with E-state index in [1.165, 1.54) is 0 Å². The van der Waals surface area contributed by atoms with E-state index >= 15 is 0 Å². The summed E-state index contributed by atoms with van der Waals surface area (Å²) in [5.41, 5.74) is 5.46. The van der Waals surface area contributed by atoms with Gasteiger partial charge < -0.3 is 11.1 Å². The van der Waals surface area contributed by atoms with Crippen LogP contribution < -0.4 is 11.1 Å². The van der Waals surface area contributed by atoms with Crippen molar-refractivity contribution in [3.8, 4) is 0 Å². The highest BCUT2D eigenvalue weighted by Gasteiger charge is 2.21. The average molecular weight is 209 g/mol. The van der Waals surface area contributed by atoms with Crippen molar-refractivity contribution in [2.24, 2.45) is 11.7 Å². The van der Waals surface area contributed by atoms with Crippen molar-refractivity contribution in [2.75, 3.05) is 0 Å². The molecule has 0 aliphatic carbocycles. The Hall–Kier alpha value is -0.280. The predicted molar refractivity (Wildman–Crippen MR) is 58.0 cm³/mol. The number of hydrogen-bond donors (Lipinski definition) is 2. The zero-order valence-corrected chi connectivity index (χ0v) is 9.87. The van der Waals surface area contributed by atoms with Crippen LogP contribution in [0.25, 0.3) is 0 Å². The highest BCUT2D eigenvalue weighted by molar-refractivity contribution is 5.85. The highest BCUT2D eigenvalue weighted by Crippen LogP contribution is 2.03. The Labute approximate surface area is 86.9 Å². The first-order valence-electron chi connectivity index (χ1n) is 4.31. The summed E-state index contributed by atoms with van der Waals surface area (Å²) in [4.78, 5) is 11.4. The van der Waals surface area contributed by atoms with Gasteiger partial charge in [-0.25, -0.2) is 0 Å². The minimum atomic E-state index is -0.399. The summed E-state index contributed by atoms with van der Waals surface area (Å²) in [5.74, 6) is 0.116. The number of nitrogens with two attached hydrogens (primary N) is 1. The second-order valence-electron chi connectivity index (χ2n) is 4.51. The molecule has 0 aliphatic heterocycles. The molecule has 80 valence electrons. The fourth-order valence-corrected chi connectivity index (χ4v) is 0.756. The predicted octanol–water partition coefficient (Wildman–Crippen LogP) is 1.31. The quantitative estimate of drug-likeness (QED) is 0.719. The Morgan fingerprint density at radius 3 is 1.92 bits per heavy atom. The first-order valence-corrected chi connectivity index (χ1v) is 4.31. The molecule has 13 heavy (non-hydrogen) atoms. The molecule has 4 heteroatoms. The van der Waals surface area contributed by atoms with Crippen LogP contribution in [-0.4, -0.2) is 17.5 Å². The van der Waals surface area contributed by atoms with Crippen molar-refractivity contribution in [2.45, 2.75) is 46.2 Å². The van der Waals surface area contributed by atoms with Gasteiger partial charge in [-0.05, 0) is 26.7 Å². The Balaban J connectivity index is 0. The van der Waals surface area contributed by atoms with Gasteiger partial charge in [0, 0.05) is 5.54 Å². The molecule has 0 bridgehead atoms. The molecule has 3 N–H and O–H groups in total. The van der Waals surface area contributed by atoms with Crippen LogP contribution in [0.1, 0.15) is 34.6 Å². The van der Waals surface area contributed by atoms with Crippen molar-refractivity contribution >= 4 is 18.3 Å². The first kappa shape index (κ1) is 15.2. The van der Waals surface area contributed by atoms with E-state index in [4.69, 9.17) is 5.73 Å². The summed E-state index contributed by atoms with van der Waals surface area (Å²) < 4.78 is 0. The lowest BCUT2D eigenvalue weighted by Gasteiger charge is -2.24. The molecule has 0 aromatic rings. The van der Waals surface area contributed by atoms with E-state index in [9.17, 15) is 4.79 Å². The molecule has 0 heterocycles. The summed E-state index contributed by atoms with van der Waals surface area (Å²) >= 11 is 0. The maximum Gasteiger partial charge on any atom is 0.237 e. The van der Waals surface area contributed by atoms with Gasteiger partial charge in [0.1, 0.15) is 0 Å². The normalized spacial score (nSPS) is 13.5. The van der Waals surface area contributed by atoms with Gasteiger partial charge in [0.05, 0.1) is 6.04 Å². The Kier molecular flexibility index (Phi) is 6.37. The van der Waals surface area contributed by atoms with E-state index < -0.39 is 6.04 Å². The standard InChI is InChI=1S/C9H20N2O.ClH/c1-6(2)7(10)8(12)11-9(3,4)5;/h6-7H,10H2,1-5H3,(H,11,12);1H. The smallest absolute Gasteiger partial charge is 0.237 e. The van der Waals surface area contributed by atoms with Crippen LogP contribution in [0.3, 0.4) is 0 Å². The van der Waals surface area contributed by atoms with Gasteiger partial charge in [0.25, 0.3) is 0 Å². The number of carbonyl (C=O) groups is 1. The van der Waals surface area contributed by atoms with Crippen molar-refractivity contribution in [3.05, 3.63) is 0 Å². The largest absolute Gasteiger partial charge is 0.350 e. The van der Waals surface area contributed by atoms with Crippen LogP contribution in [0, 0.1) is 5.92 Å². The molecule has 1 amide bonds. The number of halogens is 1. The third-order valence-corrected chi connectivity index (χ3v) is 1.52. The van der Waals surface area contributed by atoms with Gasteiger partial charge in [-0.1, -0.05) is 13.8 Å². The van der Waals surface area contributed by atoms with Gasteiger partial charge in [-0.3, -0.25) is 4.79 Å². The van der Waals surface area contributed by atoms with Crippen LogP contribution in [0.4, 0.5) is 0 Å². The fraction of sp³-hybridized carbons (Fsp3) is 0.889. The lowest BCUT2D eigenvalue weighted by molar-refractivity contribution is -0.124.